The van der Waals surface area contributed by atoms with Crippen molar-refractivity contribution in [2.45, 2.75) is 12.8 Å². The molecule has 176 valence electrons. The zero-order valence-electron chi connectivity index (χ0n) is 20.2. The molecule has 0 aliphatic carbocycles. The van der Waals surface area contributed by atoms with Gasteiger partial charge in [0.15, 0.2) is 0 Å². The molecule has 0 bridgehead atoms. The zero-order chi connectivity index (χ0) is 23.8. The van der Waals surface area contributed by atoms with Crippen molar-refractivity contribution in [1.29, 1.82) is 0 Å². The first-order valence-corrected chi connectivity index (χ1v) is 14.8. The van der Waals surface area contributed by atoms with Gasteiger partial charge in [-0.1, -0.05) is 134 Å². The van der Waals surface area contributed by atoms with E-state index in [1.54, 1.807) is 0 Å². The summed E-state index contributed by atoms with van der Waals surface area (Å²) in [5, 5.41) is 26.9. The number of hydrogen-bond donors (Lipinski definition) is 0. The standard InChI is InChI=1S/2C15H16OP.Mg/c2*16-12-7-13-17(14-8-3-1-4-9-14)15-10-5-2-6-11-15;/h2*1-6,8-11H,7,12-13H2;/q2*-1;+2. The van der Waals surface area contributed by atoms with Crippen LogP contribution in [0.1, 0.15) is 12.8 Å². The monoisotopic (exact) mass is 510 g/mol. The van der Waals surface area contributed by atoms with Crippen molar-refractivity contribution in [2.75, 3.05) is 25.5 Å². The maximum Gasteiger partial charge on any atom is 2.00 e. The molecule has 5 heteroatoms. The summed E-state index contributed by atoms with van der Waals surface area (Å²) in [5.41, 5.74) is 0. The van der Waals surface area contributed by atoms with Crippen molar-refractivity contribution in [3.63, 3.8) is 0 Å². The molecule has 0 saturated heterocycles. The molecule has 0 aliphatic rings. The molecule has 0 amide bonds. The first-order valence-electron chi connectivity index (χ1n) is 11.7. The average Bonchev–Trinajstić information content (AvgIpc) is 2.92. The fourth-order valence-electron chi connectivity index (χ4n) is 3.69. The third kappa shape index (κ3) is 10.1. The second kappa shape index (κ2) is 17.8. The van der Waals surface area contributed by atoms with Crippen LogP contribution in [0.5, 0.6) is 0 Å². The Labute approximate surface area is 229 Å². The van der Waals surface area contributed by atoms with Crippen LogP contribution in [0.4, 0.5) is 0 Å². The largest absolute Gasteiger partial charge is 2.00 e. The van der Waals surface area contributed by atoms with Gasteiger partial charge < -0.3 is 10.2 Å². The van der Waals surface area contributed by atoms with Crippen LogP contribution >= 0.6 is 15.8 Å². The molecule has 35 heavy (non-hydrogen) atoms. The molecule has 4 rings (SSSR count). The van der Waals surface area contributed by atoms with E-state index in [0.29, 0.717) is 0 Å². The summed E-state index contributed by atoms with van der Waals surface area (Å²) in [6, 6.07) is 42.1. The van der Waals surface area contributed by atoms with E-state index >= 15 is 0 Å². The topological polar surface area (TPSA) is 46.1 Å². The first kappa shape index (κ1) is 29.7. The molecule has 0 atom stereocenters. The second-order valence-electron chi connectivity index (χ2n) is 7.76. The van der Waals surface area contributed by atoms with E-state index in [4.69, 9.17) is 0 Å². The summed E-state index contributed by atoms with van der Waals surface area (Å²) in [6.45, 7) is 0.0526. The third-order valence-electron chi connectivity index (χ3n) is 5.32. The van der Waals surface area contributed by atoms with Crippen molar-refractivity contribution in [2.24, 2.45) is 0 Å². The SMILES string of the molecule is [Mg+2].[O-]CCCP(c1ccccc1)c1ccccc1.[O-]CCCP(c1ccccc1)c1ccccc1. The van der Waals surface area contributed by atoms with Gasteiger partial charge in [-0.25, -0.2) is 0 Å². The zero-order valence-corrected chi connectivity index (χ0v) is 23.4. The molecule has 4 aromatic rings. The van der Waals surface area contributed by atoms with E-state index in [1.165, 1.54) is 21.2 Å². The van der Waals surface area contributed by atoms with Crippen molar-refractivity contribution in [1.82, 2.24) is 0 Å². The predicted molar refractivity (Wildman–Crippen MR) is 153 cm³/mol. The summed E-state index contributed by atoms with van der Waals surface area (Å²) >= 11 is 0. The van der Waals surface area contributed by atoms with E-state index in [1.807, 2.05) is 24.3 Å². The second-order valence-corrected chi connectivity index (χ2v) is 12.4. The molecule has 2 nitrogen and oxygen atoms in total. The minimum Gasteiger partial charge on any atom is -0.854 e. The van der Waals surface area contributed by atoms with E-state index < -0.39 is 0 Å². The fraction of sp³-hybridized carbons (Fsp3) is 0.200. The van der Waals surface area contributed by atoms with Gasteiger partial charge in [-0.05, 0) is 49.4 Å². The van der Waals surface area contributed by atoms with E-state index in [9.17, 15) is 10.2 Å². The number of benzene rings is 4. The van der Waals surface area contributed by atoms with Crippen LogP contribution in [-0.2, 0) is 0 Å². The number of hydrogen-bond acceptors (Lipinski definition) is 2. The molecule has 4 aromatic carbocycles. The Kier molecular flexibility index (Phi) is 15.1. The Hall–Kier alpha value is -1.57. The summed E-state index contributed by atoms with van der Waals surface area (Å²) < 4.78 is 0. The molecule has 0 fully saturated rings. The maximum atomic E-state index is 10.7. The van der Waals surface area contributed by atoms with Crippen LogP contribution < -0.4 is 31.4 Å². The average molecular weight is 511 g/mol. The van der Waals surface area contributed by atoms with Gasteiger partial charge in [-0.2, -0.15) is 0 Å². The quantitative estimate of drug-likeness (QED) is 0.243. The molecule has 0 heterocycles. The van der Waals surface area contributed by atoms with Crippen LogP contribution in [0.2, 0.25) is 0 Å². The van der Waals surface area contributed by atoms with Crippen LogP contribution in [0.15, 0.2) is 121 Å². The molecular formula is C30H32MgO2P2. The smallest absolute Gasteiger partial charge is 0.854 e. The molecule has 0 spiro atoms. The van der Waals surface area contributed by atoms with Crippen LogP contribution in [0.25, 0.3) is 0 Å². The van der Waals surface area contributed by atoms with Gasteiger partial charge in [0.25, 0.3) is 0 Å². The summed E-state index contributed by atoms with van der Waals surface area (Å²) in [5.74, 6) is 0. The van der Waals surface area contributed by atoms with Gasteiger partial charge in [0.2, 0.25) is 0 Å². The van der Waals surface area contributed by atoms with E-state index in [-0.39, 0.29) is 52.1 Å². The molecule has 0 aliphatic heterocycles. The Morgan fingerprint density at radius 1 is 0.400 bits per heavy atom. The minimum atomic E-state index is -0.357. The molecule has 0 saturated carbocycles. The van der Waals surface area contributed by atoms with Gasteiger partial charge in [0.05, 0.1) is 0 Å². The fourth-order valence-corrected chi connectivity index (χ4v) is 8.34. The third-order valence-corrected chi connectivity index (χ3v) is 10.5. The molecule has 0 N–H and O–H groups in total. The van der Waals surface area contributed by atoms with Gasteiger partial charge in [-0.15, -0.1) is 13.2 Å². The van der Waals surface area contributed by atoms with Gasteiger partial charge in [0, 0.05) is 0 Å². The van der Waals surface area contributed by atoms with Crippen LogP contribution in [-0.4, -0.2) is 48.6 Å². The Balaban J connectivity index is 0.000000240. The molecular weight excluding hydrogens is 479 g/mol. The Morgan fingerprint density at radius 2 is 0.629 bits per heavy atom. The van der Waals surface area contributed by atoms with Gasteiger partial charge in [-0.3, -0.25) is 0 Å². The van der Waals surface area contributed by atoms with Crippen LogP contribution in [0, 0.1) is 0 Å². The Morgan fingerprint density at radius 3 is 0.829 bits per heavy atom. The maximum absolute atomic E-state index is 10.7. The first-order chi connectivity index (χ1) is 16.8. The van der Waals surface area contributed by atoms with Gasteiger partial charge in [0.1, 0.15) is 0 Å². The minimum absolute atomic E-state index is 0. The van der Waals surface area contributed by atoms with E-state index in [2.05, 4.69) is 97.1 Å². The normalized spacial score (nSPS) is 10.4. The summed E-state index contributed by atoms with van der Waals surface area (Å²) in [6.07, 6.45) is 3.50. The van der Waals surface area contributed by atoms with Crippen molar-refractivity contribution < 1.29 is 10.2 Å². The van der Waals surface area contributed by atoms with Crippen molar-refractivity contribution in [3.8, 4) is 0 Å². The van der Waals surface area contributed by atoms with Gasteiger partial charge >= 0.3 is 23.1 Å². The Bertz CT molecular complexity index is 869. The summed E-state index contributed by atoms with van der Waals surface area (Å²) in [7, 11) is -0.714. The molecule has 0 unspecified atom stereocenters. The predicted octanol–water partition coefficient (Wildman–Crippen LogP) is 3.36. The van der Waals surface area contributed by atoms with Crippen LogP contribution in [0.3, 0.4) is 0 Å². The van der Waals surface area contributed by atoms with E-state index in [0.717, 1.165) is 25.2 Å². The van der Waals surface area contributed by atoms with Crippen molar-refractivity contribution in [3.05, 3.63) is 121 Å². The van der Waals surface area contributed by atoms with Crippen molar-refractivity contribution >= 4 is 60.1 Å². The molecule has 0 radical (unpaired) electrons. The number of rotatable bonds is 10. The summed E-state index contributed by atoms with van der Waals surface area (Å²) in [4.78, 5) is 0. The molecule has 0 aromatic heterocycles.